The molecule has 0 spiro atoms. The van der Waals surface area contributed by atoms with Gasteiger partial charge in [0, 0.05) is 32.2 Å². The van der Waals surface area contributed by atoms with Crippen LogP contribution in [-0.4, -0.2) is 55.8 Å². The molecule has 1 aliphatic rings. The van der Waals surface area contributed by atoms with Gasteiger partial charge in [-0.3, -0.25) is 4.79 Å². The third-order valence-electron chi connectivity index (χ3n) is 5.09. The van der Waals surface area contributed by atoms with Gasteiger partial charge in [-0.25, -0.2) is 8.42 Å². The third kappa shape index (κ3) is 4.45. The minimum atomic E-state index is -3.54. The van der Waals surface area contributed by atoms with Gasteiger partial charge >= 0.3 is 0 Å². The van der Waals surface area contributed by atoms with E-state index >= 15 is 0 Å². The Kier molecular flexibility index (Phi) is 6.15. The van der Waals surface area contributed by atoms with Gasteiger partial charge in [0.05, 0.1) is 10.8 Å². The number of hydrogen-bond acceptors (Lipinski definition) is 4. The van der Waals surface area contributed by atoms with Crippen LogP contribution in [0.15, 0.2) is 29.2 Å². The molecule has 1 saturated heterocycles. The number of carbonyl (C=O) groups is 1. The molecule has 7 heteroatoms. The second kappa shape index (κ2) is 7.66. The van der Waals surface area contributed by atoms with Crippen LogP contribution in [0.2, 0.25) is 0 Å². The van der Waals surface area contributed by atoms with E-state index in [2.05, 4.69) is 20.8 Å². The molecule has 1 aliphatic heterocycles. The molecule has 2 N–H and O–H groups in total. The van der Waals surface area contributed by atoms with Crippen LogP contribution in [0, 0.1) is 5.92 Å². The van der Waals surface area contributed by atoms with E-state index in [1.165, 1.54) is 4.31 Å². The average Bonchev–Trinajstić information content (AvgIpc) is 2.59. The van der Waals surface area contributed by atoms with Gasteiger partial charge in [0.1, 0.15) is 0 Å². The van der Waals surface area contributed by atoms with Gasteiger partial charge < -0.3 is 10.6 Å². The van der Waals surface area contributed by atoms with Gasteiger partial charge in [-0.1, -0.05) is 39.8 Å². The maximum absolute atomic E-state index is 12.9. The number of piperazine rings is 1. The minimum absolute atomic E-state index is 0.00780. The highest BCUT2D eigenvalue weighted by molar-refractivity contribution is 7.89. The molecule has 6 nitrogen and oxygen atoms in total. The number of nitrogens with two attached hydrogens (primary N) is 1. The summed E-state index contributed by atoms with van der Waals surface area (Å²) >= 11 is 0. The normalized spacial score (nSPS) is 19.2. The van der Waals surface area contributed by atoms with Crippen LogP contribution >= 0.6 is 0 Å². The predicted molar refractivity (Wildman–Crippen MR) is 103 cm³/mol. The Labute approximate surface area is 157 Å². The highest BCUT2D eigenvalue weighted by Crippen LogP contribution is 2.25. The Bertz CT molecular complexity index is 728. The van der Waals surface area contributed by atoms with E-state index in [1.807, 2.05) is 26.0 Å². The molecule has 1 aromatic carbocycles. The van der Waals surface area contributed by atoms with Crippen molar-refractivity contribution in [3.05, 3.63) is 29.8 Å². The number of amides is 1. The second-order valence-corrected chi connectivity index (χ2v) is 10.1. The molecule has 1 aromatic rings. The van der Waals surface area contributed by atoms with Gasteiger partial charge in [-0.2, -0.15) is 4.31 Å². The lowest BCUT2D eigenvalue weighted by atomic mass is 9.87. The minimum Gasteiger partial charge on any atom is -0.340 e. The van der Waals surface area contributed by atoms with Crippen LogP contribution in [0.3, 0.4) is 0 Å². The summed E-state index contributed by atoms with van der Waals surface area (Å²) in [6, 6.07) is 6.87. The summed E-state index contributed by atoms with van der Waals surface area (Å²) in [5.41, 5.74) is 6.88. The Hall–Kier alpha value is -1.44. The molecule has 146 valence electrons. The van der Waals surface area contributed by atoms with E-state index in [0.717, 1.165) is 5.56 Å². The molecular formula is C19H31N3O3S. The SMILES string of the molecule is CC(N)C(C)C(=O)N1CCN(S(=O)(=O)c2ccc(C(C)(C)C)cc2)CC1. The molecule has 0 aliphatic carbocycles. The van der Waals surface area contributed by atoms with Gasteiger partial charge in [0.2, 0.25) is 15.9 Å². The van der Waals surface area contributed by atoms with Crippen LogP contribution in [-0.2, 0) is 20.2 Å². The summed E-state index contributed by atoms with van der Waals surface area (Å²) in [5, 5.41) is 0. The maximum Gasteiger partial charge on any atom is 0.243 e. The molecule has 0 saturated carbocycles. The molecule has 0 bridgehead atoms. The smallest absolute Gasteiger partial charge is 0.243 e. The standard InChI is InChI=1S/C19H31N3O3S/c1-14(15(2)20)18(23)21-10-12-22(13-11-21)26(24,25)17-8-6-16(7-9-17)19(3,4)5/h6-9,14-15H,10-13,20H2,1-5H3. The number of benzene rings is 1. The van der Waals surface area contributed by atoms with Crippen LogP contribution in [0.1, 0.15) is 40.2 Å². The van der Waals surface area contributed by atoms with E-state index in [-0.39, 0.29) is 23.3 Å². The van der Waals surface area contributed by atoms with Gasteiger partial charge in [0.15, 0.2) is 0 Å². The lowest BCUT2D eigenvalue weighted by Crippen LogP contribution is -2.53. The zero-order valence-electron chi connectivity index (χ0n) is 16.4. The largest absolute Gasteiger partial charge is 0.340 e. The number of carbonyl (C=O) groups excluding carboxylic acids is 1. The maximum atomic E-state index is 12.9. The highest BCUT2D eigenvalue weighted by Gasteiger charge is 2.32. The lowest BCUT2D eigenvalue weighted by molar-refractivity contribution is -0.136. The summed E-state index contributed by atoms with van der Waals surface area (Å²) in [5.74, 6) is -0.269. The van der Waals surface area contributed by atoms with Gasteiger partial charge in [0.25, 0.3) is 0 Å². The van der Waals surface area contributed by atoms with Crippen molar-refractivity contribution in [3.8, 4) is 0 Å². The second-order valence-electron chi connectivity index (χ2n) is 8.15. The summed E-state index contributed by atoms with van der Waals surface area (Å²) in [6.45, 7) is 11.3. The van der Waals surface area contributed by atoms with Crippen LogP contribution in [0.4, 0.5) is 0 Å². The first kappa shape index (κ1) is 20.9. The first-order valence-corrected chi connectivity index (χ1v) is 10.5. The number of nitrogens with zero attached hydrogens (tertiary/aromatic N) is 2. The van der Waals surface area contributed by atoms with E-state index < -0.39 is 10.0 Å². The monoisotopic (exact) mass is 381 g/mol. The number of hydrogen-bond donors (Lipinski definition) is 1. The van der Waals surface area contributed by atoms with Crippen molar-refractivity contribution in [3.63, 3.8) is 0 Å². The fraction of sp³-hybridized carbons (Fsp3) is 0.632. The fourth-order valence-corrected chi connectivity index (χ4v) is 4.36. The predicted octanol–water partition coefficient (Wildman–Crippen LogP) is 1.80. The molecule has 1 fully saturated rings. The number of sulfonamides is 1. The van der Waals surface area contributed by atoms with Crippen molar-refractivity contribution < 1.29 is 13.2 Å². The van der Waals surface area contributed by atoms with Crippen LogP contribution in [0.5, 0.6) is 0 Å². The molecule has 26 heavy (non-hydrogen) atoms. The lowest BCUT2D eigenvalue weighted by Gasteiger charge is -2.35. The van der Waals surface area contributed by atoms with Crippen molar-refractivity contribution in [2.75, 3.05) is 26.2 Å². The first-order valence-electron chi connectivity index (χ1n) is 9.09. The van der Waals surface area contributed by atoms with Gasteiger partial charge in [-0.15, -0.1) is 0 Å². The molecule has 0 radical (unpaired) electrons. The quantitative estimate of drug-likeness (QED) is 0.862. The van der Waals surface area contributed by atoms with Gasteiger partial charge in [-0.05, 0) is 30.0 Å². The Morgan fingerprint density at radius 2 is 1.54 bits per heavy atom. The Morgan fingerprint density at radius 3 is 1.96 bits per heavy atom. The summed E-state index contributed by atoms with van der Waals surface area (Å²) in [6.07, 6.45) is 0. The molecule has 2 unspecified atom stereocenters. The van der Waals surface area contributed by atoms with E-state index in [4.69, 9.17) is 5.73 Å². The zero-order chi connectivity index (χ0) is 19.7. The molecule has 0 aromatic heterocycles. The van der Waals surface area contributed by atoms with Crippen LogP contribution < -0.4 is 5.73 Å². The average molecular weight is 382 g/mol. The van der Waals surface area contributed by atoms with Crippen molar-refractivity contribution in [1.29, 1.82) is 0 Å². The Morgan fingerprint density at radius 1 is 1.04 bits per heavy atom. The topological polar surface area (TPSA) is 83.7 Å². The van der Waals surface area contributed by atoms with E-state index in [9.17, 15) is 13.2 Å². The highest BCUT2D eigenvalue weighted by atomic mass is 32.2. The first-order chi connectivity index (χ1) is 11.9. The molecular weight excluding hydrogens is 350 g/mol. The summed E-state index contributed by atoms with van der Waals surface area (Å²) in [4.78, 5) is 14.4. The van der Waals surface area contributed by atoms with Crippen molar-refractivity contribution in [1.82, 2.24) is 9.21 Å². The molecule has 1 heterocycles. The fourth-order valence-electron chi connectivity index (χ4n) is 2.94. The number of rotatable bonds is 4. The molecule has 2 atom stereocenters. The summed E-state index contributed by atoms with van der Waals surface area (Å²) in [7, 11) is -3.54. The van der Waals surface area contributed by atoms with Crippen molar-refractivity contribution in [2.45, 2.75) is 51.0 Å². The van der Waals surface area contributed by atoms with Crippen LogP contribution in [0.25, 0.3) is 0 Å². The van der Waals surface area contributed by atoms with Crippen molar-refractivity contribution >= 4 is 15.9 Å². The van der Waals surface area contributed by atoms with E-state index in [0.29, 0.717) is 31.1 Å². The summed E-state index contributed by atoms with van der Waals surface area (Å²) < 4.78 is 27.2. The third-order valence-corrected chi connectivity index (χ3v) is 7.00. The Balaban J connectivity index is 2.07. The van der Waals surface area contributed by atoms with Crippen molar-refractivity contribution in [2.24, 2.45) is 11.7 Å². The van der Waals surface area contributed by atoms with E-state index in [1.54, 1.807) is 17.0 Å². The zero-order valence-corrected chi connectivity index (χ0v) is 17.2. The molecule has 2 rings (SSSR count). The molecule has 1 amide bonds.